The lowest BCUT2D eigenvalue weighted by atomic mass is 10.1. The van der Waals surface area contributed by atoms with Crippen molar-refractivity contribution in [3.8, 4) is 0 Å². The second-order valence-electron chi connectivity index (χ2n) is 6.40. The van der Waals surface area contributed by atoms with Gasteiger partial charge < -0.3 is 9.15 Å². The maximum atomic E-state index is 12.8. The van der Waals surface area contributed by atoms with E-state index < -0.39 is 5.97 Å². The molecule has 1 atom stereocenters. The number of amides is 1. The van der Waals surface area contributed by atoms with Crippen molar-refractivity contribution in [2.24, 2.45) is 5.10 Å². The van der Waals surface area contributed by atoms with Crippen LogP contribution in [0.4, 0.5) is 0 Å². The predicted octanol–water partition coefficient (Wildman–Crippen LogP) is 4.55. The summed E-state index contributed by atoms with van der Waals surface area (Å²) in [4.78, 5) is 27.2. The molecule has 4 heterocycles. The number of hydrazone groups is 1. The number of thiophene rings is 2. The third-order valence-corrected chi connectivity index (χ3v) is 6.32. The molecular weight excluding hydrogens is 396 g/mol. The smallest absolute Gasteiger partial charge is 0.342 e. The second-order valence-corrected chi connectivity index (χ2v) is 8.33. The Morgan fingerprint density at radius 1 is 1.25 bits per heavy atom. The minimum atomic E-state index is -0.572. The monoisotopic (exact) mass is 414 g/mol. The van der Waals surface area contributed by atoms with Gasteiger partial charge in [-0.25, -0.2) is 9.80 Å². The van der Waals surface area contributed by atoms with E-state index >= 15 is 0 Å². The summed E-state index contributed by atoms with van der Waals surface area (Å²) in [5.74, 6) is 0.178. The molecule has 1 amide bonds. The number of ether oxygens (including phenoxy) is 1. The lowest BCUT2D eigenvalue weighted by Crippen LogP contribution is -2.31. The Kier molecular flexibility index (Phi) is 5.15. The third-order valence-electron chi connectivity index (χ3n) is 4.43. The molecule has 4 rings (SSSR count). The van der Waals surface area contributed by atoms with Gasteiger partial charge in [0.1, 0.15) is 17.1 Å². The van der Waals surface area contributed by atoms with Crippen molar-refractivity contribution in [1.82, 2.24) is 5.01 Å². The van der Waals surface area contributed by atoms with E-state index in [1.807, 2.05) is 35.0 Å². The van der Waals surface area contributed by atoms with Crippen LogP contribution < -0.4 is 0 Å². The molecule has 1 aliphatic rings. The molecule has 28 heavy (non-hydrogen) atoms. The van der Waals surface area contributed by atoms with Crippen LogP contribution in [0.15, 0.2) is 50.6 Å². The average molecular weight is 415 g/mol. The van der Waals surface area contributed by atoms with Crippen LogP contribution in [0.25, 0.3) is 0 Å². The molecule has 0 saturated carbocycles. The van der Waals surface area contributed by atoms with Crippen LogP contribution in [0.1, 0.15) is 44.1 Å². The molecule has 144 valence electrons. The number of esters is 1. The van der Waals surface area contributed by atoms with Crippen molar-refractivity contribution >= 4 is 40.3 Å². The first-order chi connectivity index (χ1) is 13.5. The van der Waals surface area contributed by atoms with E-state index in [0.717, 1.165) is 15.5 Å². The third kappa shape index (κ3) is 3.65. The number of carbonyl (C=O) groups excluding carboxylic acids is 2. The molecule has 8 heteroatoms. The first kappa shape index (κ1) is 18.6. The standard InChI is InChI=1S/C20H18N2O4S2/c1-12-9-14(13(2)26-12)20(24)25-11-19(23)22-16(18-6-4-8-28-18)10-15(21-22)17-5-3-7-27-17/h3-9,16H,10-11H2,1-2H3/t16-/m1/s1. The van der Waals surface area contributed by atoms with E-state index in [9.17, 15) is 9.59 Å². The van der Waals surface area contributed by atoms with E-state index in [4.69, 9.17) is 9.15 Å². The van der Waals surface area contributed by atoms with Crippen molar-refractivity contribution < 1.29 is 18.7 Å². The topological polar surface area (TPSA) is 72.1 Å². The van der Waals surface area contributed by atoms with Crippen LogP contribution in [-0.2, 0) is 9.53 Å². The Bertz CT molecular complexity index is 1020. The summed E-state index contributed by atoms with van der Waals surface area (Å²) in [5.41, 5.74) is 1.21. The van der Waals surface area contributed by atoms with Gasteiger partial charge >= 0.3 is 5.97 Å². The summed E-state index contributed by atoms with van der Waals surface area (Å²) in [7, 11) is 0. The molecular formula is C20H18N2O4S2. The highest BCUT2D eigenvalue weighted by Crippen LogP contribution is 2.35. The van der Waals surface area contributed by atoms with E-state index in [0.29, 0.717) is 23.5 Å². The molecule has 3 aromatic heterocycles. The first-order valence-corrected chi connectivity index (χ1v) is 10.5. The Morgan fingerprint density at radius 3 is 2.68 bits per heavy atom. The van der Waals surface area contributed by atoms with Crippen molar-refractivity contribution in [2.45, 2.75) is 26.3 Å². The van der Waals surface area contributed by atoms with Crippen LogP contribution >= 0.6 is 22.7 Å². The second kappa shape index (κ2) is 7.73. The van der Waals surface area contributed by atoms with Gasteiger partial charge in [0.15, 0.2) is 6.61 Å². The number of hydrogen-bond acceptors (Lipinski definition) is 7. The van der Waals surface area contributed by atoms with Gasteiger partial charge in [-0.15, -0.1) is 22.7 Å². The predicted molar refractivity (Wildman–Crippen MR) is 108 cm³/mol. The highest BCUT2D eigenvalue weighted by atomic mass is 32.1. The van der Waals surface area contributed by atoms with Crippen LogP contribution in [-0.4, -0.2) is 29.2 Å². The van der Waals surface area contributed by atoms with E-state index in [-0.39, 0.29) is 18.6 Å². The molecule has 6 nitrogen and oxygen atoms in total. The quantitative estimate of drug-likeness (QED) is 0.574. The van der Waals surface area contributed by atoms with E-state index in [1.165, 1.54) is 5.01 Å². The summed E-state index contributed by atoms with van der Waals surface area (Å²) in [6.45, 7) is 3.08. The van der Waals surface area contributed by atoms with Crippen LogP contribution in [0.3, 0.4) is 0 Å². The van der Waals surface area contributed by atoms with E-state index in [1.54, 1.807) is 42.6 Å². The fraction of sp³-hybridized carbons (Fsp3) is 0.250. The lowest BCUT2D eigenvalue weighted by Gasteiger charge is -2.20. The minimum absolute atomic E-state index is 0.179. The maximum Gasteiger partial charge on any atom is 0.342 e. The Hall–Kier alpha value is -2.71. The SMILES string of the molecule is Cc1cc(C(=O)OCC(=O)N2N=C(c3cccs3)C[C@@H]2c2cccs2)c(C)o1. The van der Waals surface area contributed by atoms with Crippen molar-refractivity contribution in [3.63, 3.8) is 0 Å². The minimum Gasteiger partial charge on any atom is -0.466 e. The summed E-state index contributed by atoms with van der Waals surface area (Å²) >= 11 is 3.17. The molecule has 0 unspecified atom stereocenters. The van der Waals surface area contributed by atoms with Gasteiger partial charge in [0.05, 0.1) is 16.6 Å². The van der Waals surface area contributed by atoms with Gasteiger partial charge in [-0.2, -0.15) is 5.10 Å². The molecule has 0 N–H and O–H groups in total. The molecule has 0 aliphatic carbocycles. The van der Waals surface area contributed by atoms with Gasteiger partial charge in [0, 0.05) is 11.3 Å². The van der Waals surface area contributed by atoms with Crippen LogP contribution in [0.2, 0.25) is 0 Å². The average Bonchev–Trinajstić information content (AvgIpc) is 3.44. The van der Waals surface area contributed by atoms with Gasteiger partial charge in [-0.1, -0.05) is 12.1 Å². The lowest BCUT2D eigenvalue weighted by molar-refractivity contribution is -0.136. The van der Waals surface area contributed by atoms with Gasteiger partial charge in [0.2, 0.25) is 0 Å². The number of furan rings is 1. The summed E-state index contributed by atoms with van der Waals surface area (Å²) < 4.78 is 10.6. The van der Waals surface area contributed by atoms with Crippen molar-refractivity contribution in [3.05, 3.63) is 67.9 Å². The molecule has 0 fully saturated rings. The summed E-state index contributed by atoms with van der Waals surface area (Å²) in [6, 6.07) is 9.33. The van der Waals surface area contributed by atoms with E-state index in [2.05, 4.69) is 5.10 Å². The molecule has 0 aromatic carbocycles. The maximum absolute atomic E-state index is 12.8. The molecule has 0 radical (unpaired) electrons. The zero-order valence-corrected chi connectivity index (χ0v) is 17.0. The van der Waals surface area contributed by atoms with Crippen molar-refractivity contribution in [2.75, 3.05) is 6.61 Å². The molecule has 0 saturated heterocycles. The number of rotatable bonds is 5. The molecule has 0 spiro atoms. The number of hydrogen-bond donors (Lipinski definition) is 0. The zero-order chi connectivity index (χ0) is 19.7. The normalized spacial score (nSPS) is 16.3. The fourth-order valence-corrected chi connectivity index (χ4v) is 4.67. The van der Waals surface area contributed by atoms with Crippen molar-refractivity contribution in [1.29, 1.82) is 0 Å². The van der Waals surface area contributed by atoms with Crippen LogP contribution in [0, 0.1) is 13.8 Å². The molecule has 3 aromatic rings. The Morgan fingerprint density at radius 2 is 2.04 bits per heavy atom. The number of carbonyl (C=O) groups is 2. The highest BCUT2D eigenvalue weighted by Gasteiger charge is 2.34. The molecule has 1 aliphatic heterocycles. The number of aryl methyl sites for hydroxylation is 2. The zero-order valence-electron chi connectivity index (χ0n) is 15.4. The highest BCUT2D eigenvalue weighted by molar-refractivity contribution is 7.12. The summed E-state index contributed by atoms with van der Waals surface area (Å²) in [5, 5.41) is 9.96. The first-order valence-electron chi connectivity index (χ1n) is 8.74. The fourth-order valence-electron chi connectivity index (χ4n) is 3.14. The summed E-state index contributed by atoms with van der Waals surface area (Å²) in [6.07, 6.45) is 0.640. The van der Waals surface area contributed by atoms with Gasteiger partial charge in [-0.05, 0) is 42.8 Å². The Balaban J connectivity index is 1.50. The van der Waals surface area contributed by atoms with Gasteiger partial charge in [-0.3, -0.25) is 4.79 Å². The largest absolute Gasteiger partial charge is 0.466 e. The molecule has 0 bridgehead atoms. The number of nitrogens with zero attached hydrogens (tertiary/aromatic N) is 2. The van der Waals surface area contributed by atoms with Crippen LogP contribution in [0.5, 0.6) is 0 Å². The van der Waals surface area contributed by atoms with Gasteiger partial charge in [0.25, 0.3) is 5.91 Å². The Labute approximate surface area is 170 Å².